The SMILES string of the molecule is Cc1cccn2cc(CNC(=O)c3cn(C)nc3C3CCCCC3)nc12. The van der Waals surface area contributed by atoms with E-state index in [-0.39, 0.29) is 5.91 Å². The molecule has 1 amide bonds. The van der Waals surface area contributed by atoms with Crippen molar-refractivity contribution in [3.8, 4) is 0 Å². The molecule has 0 bridgehead atoms. The zero-order valence-electron chi connectivity index (χ0n) is 15.4. The molecule has 3 heterocycles. The Bertz CT molecular complexity index is 933. The third kappa shape index (κ3) is 3.23. The van der Waals surface area contributed by atoms with E-state index in [1.165, 1.54) is 19.3 Å². The van der Waals surface area contributed by atoms with E-state index in [1.54, 1.807) is 4.68 Å². The Balaban J connectivity index is 1.50. The molecule has 1 N–H and O–H groups in total. The summed E-state index contributed by atoms with van der Waals surface area (Å²) in [7, 11) is 1.88. The highest BCUT2D eigenvalue weighted by atomic mass is 16.1. The minimum Gasteiger partial charge on any atom is -0.346 e. The van der Waals surface area contributed by atoms with Crippen LogP contribution in [0.5, 0.6) is 0 Å². The molecule has 4 rings (SSSR count). The second-order valence-corrected chi connectivity index (χ2v) is 7.27. The van der Waals surface area contributed by atoms with Crippen LogP contribution < -0.4 is 5.32 Å². The Kier molecular flexibility index (Phi) is 4.49. The number of pyridine rings is 1. The largest absolute Gasteiger partial charge is 0.346 e. The zero-order chi connectivity index (χ0) is 18.1. The topological polar surface area (TPSA) is 64.2 Å². The molecule has 3 aromatic heterocycles. The van der Waals surface area contributed by atoms with E-state index in [4.69, 9.17) is 0 Å². The van der Waals surface area contributed by atoms with Crippen molar-refractivity contribution in [1.82, 2.24) is 24.5 Å². The number of rotatable bonds is 4. The molecule has 6 nitrogen and oxygen atoms in total. The van der Waals surface area contributed by atoms with Crippen molar-refractivity contribution in [1.29, 1.82) is 0 Å². The van der Waals surface area contributed by atoms with Gasteiger partial charge in [0.15, 0.2) is 0 Å². The van der Waals surface area contributed by atoms with Gasteiger partial charge in [-0.15, -0.1) is 0 Å². The fraction of sp³-hybridized carbons (Fsp3) is 0.450. The molecule has 26 heavy (non-hydrogen) atoms. The highest BCUT2D eigenvalue weighted by Gasteiger charge is 2.24. The Labute approximate surface area is 153 Å². The number of hydrogen-bond acceptors (Lipinski definition) is 3. The van der Waals surface area contributed by atoms with Gasteiger partial charge < -0.3 is 9.72 Å². The van der Waals surface area contributed by atoms with Crippen molar-refractivity contribution >= 4 is 11.6 Å². The summed E-state index contributed by atoms with van der Waals surface area (Å²) in [6.45, 7) is 2.45. The van der Waals surface area contributed by atoms with E-state index in [0.29, 0.717) is 18.0 Å². The van der Waals surface area contributed by atoms with Gasteiger partial charge in [0.1, 0.15) is 5.65 Å². The standard InChI is InChI=1S/C20H25N5O/c1-14-7-6-10-25-12-16(22-19(14)25)11-21-20(26)17-13-24(2)23-18(17)15-8-4-3-5-9-15/h6-7,10,12-13,15H,3-5,8-9,11H2,1-2H3,(H,21,26). The molecular weight excluding hydrogens is 326 g/mol. The molecule has 0 unspecified atom stereocenters. The van der Waals surface area contributed by atoms with Crippen LogP contribution in [0.2, 0.25) is 0 Å². The van der Waals surface area contributed by atoms with E-state index in [1.807, 2.05) is 49.1 Å². The Morgan fingerprint density at radius 1 is 1.27 bits per heavy atom. The molecule has 0 saturated heterocycles. The number of fused-ring (bicyclic) bond motifs is 1. The number of aryl methyl sites for hydroxylation is 2. The summed E-state index contributed by atoms with van der Waals surface area (Å²) in [6.07, 6.45) is 11.8. The molecule has 1 aliphatic carbocycles. The molecule has 3 aromatic rings. The number of amides is 1. The van der Waals surface area contributed by atoms with Crippen LogP contribution in [0.4, 0.5) is 0 Å². The average Bonchev–Trinajstić information content (AvgIpc) is 3.25. The second kappa shape index (κ2) is 6.94. The fourth-order valence-electron chi connectivity index (χ4n) is 3.91. The summed E-state index contributed by atoms with van der Waals surface area (Å²) in [6, 6.07) is 4.04. The lowest BCUT2D eigenvalue weighted by Gasteiger charge is -2.20. The van der Waals surface area contributed by atoms with Gasteiger partial charge in [-0.2, -0.15) is 5.10 Å². The number of nitrogens with zero attached hydrogens (tertiary/aromatic N) is 4. The van der Waals surface area contributed by atoms with Crippen molar-refractivity contribution in [3.05, 3.63) is 53.2 Å². The van der Waals surface area contributed by atoms with Gasteiger partial charge in [-0.05, 0) is 31.4 Å². The van der Waals surface area contributed by atoms with E-state index in [2.05, 4.69) is 15.4 Å². The molecule has 0 spiro atoms. The highest BCUT2D eigenvalue weighted by Crippen LogP contribution is 2.33. The van der Waals surface area contributed by atoms with E-state index in [0.717, 1.165) is 35.4 Å². The quantitative estimate of drug-likeness (QED) is 0.784. The number of carbonyl (C=O) groups is 1. The van der Waals surface area contributed by atoms with Crippen LogP contribution in [0.3, 0.4) is 0 Å². The van der Waals surface area contributed by atoms with Crippen molar-refractivity contribution < 1.29 is 4.79 Å². The lowest BCUT2D eigenvalue weighted by molar-refractivity contribution is 0.0948. The first kappa shape index (κ1) is 16.8. The maximum atomic E-state index is 12.8. The van der Waals surface area contributed by atoms with Gasteiger partial charge in [0.2, 0.25) is 0 Å². The summed E-state index contributed by atoms with van der Waals surface area (Å²) in [4.78, 5) is 17.4. The van der Waals surface area contributed by atoms with Crippen LogP contribution in [-0.4, -0.2) is 25.1 Å². The van der Waals surface area contributed by atoms with E-state index in [9.17, 15) is 4.79 Å². The number of hydrogen-bond donors (Lipinski definition) is 1. The second-order valence-electron chi connectivity index (χ2n) is 7.27. The minimum absolute atomic E-state index is 0.0625. The predicted octanol–water partition coefficient (Wildman–Crippen LogP) is 3.35. The lowest BCUT2D eigenvalue weighted by Crippen LogP contribution is -2.24. The lowest BCUT2D eigenvalue weighted by atomic mass is 9.85. The first-order valence-corrected chi connectivity index (χ1v) is 9.37. The van der Waals surface area contributed by atoms with E-state index < -0.39 is 0 Å². The van der Waals surface area contributed by atoms with Crippen LogP contribution in [0.25, 0.3) is 5.65 Å². The summed E-state index contributed by atoms with van der Waals surface area (Å²) in [5.41, 5.74) is 4.57. The maximum absolute atomic E-state index is 12.8. The third-order valence-corrected chi connectivity index (χ3v) is 5.25. The summed E-state index contributed by atoms with van der Waals surface area (Å²) < 4.78 is 3.75. The van der Waals surface area contributed by atoms with Crippen LogP contribution in [0.15, 0.2) is 30.7 Å². The average molecular weight is 351 g/mol. The molecule has 1 aliphatic rings. The monoisotopic (exact) mass is 351 g/mol. The summed E-state index contributed by atoms with van der Waals surface area (Å²) in [5.74, 6) is 0.344. The smallest absolute Gasteiger partial charge is 0.255 e. The van der Waals surface area contributed by atoms with Gasteiger partial charge in [0.25, 0.3) is 5.91 Å². The maximum Gasteiger partial charge on any atom is 0.255 e. The van der Waals surface area contributed by atoms with Crippen LogP contribution in [-0.2, 0) is 13.6 Å². The van der Waals surface area contributed by atoms with Gasteiger partial charge in [-0.1, -0.05) is 25.3 Å². The molecule has 0 aliphatic heterocycles. The van der Waals surface area contributed by atoms with Gasteiger partial charge in [0, 0.05) is 31.6 Å². The van der Waals surface area contributed by atoms with Gasteiger partial charge in [-0.25, -0.2) is 4.98 Å². The van der Waals surface area contributed by atoms with E-state index >= 15 is 0 Å². The molecule has 0 atom stereocenters. The number of nitrogens with one attached hydrogen (secondary N) is 1. The van der Waals surface area contributed by atoms with Crippen LogP contribution in [0, 0.1) is 6.92 Å². The Morgan fingerprint density at radius 2 is 2.08 bits per heavy atom. The van der Waals surface area contributed by atoms with Crippen LogP contribution in [0.1, 0.15) is 65.3 Å². The molecule has 1 fully saturated rings. The van der Waals surface area contributed by atoms with Crippen molar-refractivity contribution in [2.24, 2.45) is 7.05 Å². The zero-order valence-corrected chi connectivity index (χ0v) is 15.4. The number of carbonyl (C=O) groups excluding carboxylic acids is 1. The molecule has 6 heteroatoms. The summed E-state index contributed by atoms with van der Waals surface area (Å²) >= 11 is 0. The number of imidazole rings is 1. The van der Waals surface area contributed by atoms with Gasteiger partial charge in [-0.3, -0.25) is 9.48 Å². The van der Waals surface area contributed by atoms with Crippen molar-refractivity contribution in [2.45, 2.75) is 51.5 Å². The fourth-order valence-corrected chi connectivity index (χ4v) is 3.91. The first-order chi connectivity index (χ1) is 12.6. The normalized spacial score (nSPS) is 15.5. The predicted molar refractivity (Wildman–Crippen MR) is 100 cm³/mol. The molecule has 1 saturated carbocycles. The molecule has 0 aromatic carbocycles. The Hall–Kier alpha value is -2.63. The third-order valence-electron chi connectivity index (χ3n) is 5.25. The Morgan fingerprint density at radius 3 is 2.85 bits per heavy atom. The van der Waals surface area contributed by atoms with Gasteiger partial charge >= 0.3 is 0 Å². The van der Waals surface area contributed by atoms with Crippen molar-refractivity contribution in [3.63, 3.8) is 0 Å². The van der Waals surface area contributed by atoms with Gasteiger partial charge in [0.05, 0.1) is 23.5 Å². The molecule has 0 radical (unpaired) electrons. The molecular formula is C20H25N5O. The minimum atomic E-state index is -0.0625. The first-order valence-electron chi connectivity index (χ1n) is 9.37. The summed E-state index contributed by atoms with van der Waals surface area (Å²) in [5, 5.41) is 7.61. The molecule has 136 valence electrons. The highest BCUT2D eigenvalue weighted by molar-refractivity contribution is 5.95. The van der Waals surface area contributed by atoms with Crippen LogP contribution >= 0.6 is 0 Å². The van der Waals surface area contributed by atoms with Crippen molar-refractivity contribution in [2.75, 3.05) is 0 Å². The number of aromatic nitrogens is 4.